The van der Waals surface area contributed by atoms with Crippen LogP contribution in [0.2, 0.25) is 0 Å². The van der Waals surface area contributed by atoms with Crippen LogP contribution in [0.15, 0.2) is 90.6 Å². The van der Waals surface area contributed by atoms with Crippen LogP contribution in [0.1, 0.15) is 43.0 Å². The van der Waals surface area contributed by atoms with Gasteiger partial charge < -0.3 is 21.7 Å². The third-order valence-electron chi connectivity index (χ3n) is 6.06. The second-order valence-electron chi connectivity index (χ2n) is 8.81. The molecule has 1 amide bonds. The molecule has 0 fully saturated rings. The van der Waals surface area contributed by atoms with Crippen molar-refractivity contribution < 1.29 is 18.0 Å². The highest BCUT2D eigenvalue weighted by molar-refractivity contribution is 5.99. The van der Waals surface area contributed by atoms with E-state index in [1.807, 2.05) is 44.2 Å². The van der Waals surface area contributed by atoms with E-state index in [9.17, 15) is 18.0 Å². The Morgan fingerprint density at radius 1 is 0.973 bits per heavy atom. The average molecular weight is 511 g/mol. The Labute approximate surface area is 216 Å². The van der Waals surface area contributed by atoms with Crippen molar-refractivity contribution in [3.8, 4) is 0 Å². The van der Waals surface area contributed by atoms with Crippen molar-refractivity contribution in [1.82, 2.24) is 10.6 Å². The number of carbonyl (C=O) groups is 1. The van der Waals surface area contributed by atoms with Crippen LogP contribution >= 0.6 is 0 Å². The molecule has 8 heteroatoms. The number of nitrogen functional groups attached to an aromatic ring is 1. The Morgan fingerprint density at radius 3 is 2.30 bits per heavy atom. The molecule has 0 radical (unpaired) electrons. The molecule has 0 saturated carbocycles. The number of benzene rings is 3. The fourth-order valence-corrected chi connectivity index (χ4v) is 4.15. The van der Waals surface area contributed by atoms with Gasteiger partial charge >= 0.3 is 6.18 Å². The van der Waals surface area contributed by atoms with Crippen molar-refractivity contribution in [3.05, 3.63) is 107 Å². The third-order valence-corrected chi connectivity index (χ3v) is 6.06. The lowest BCUT2D eigenvalue weighted by atomic mass is 9.89. The van der Waals surface area contributed by atoms with Gasteiger partial charge in [0, 0.05) is 48.2 Å². The minimum atomic E-state index is -4.46. The fourth-order valence-electron chi connectivity index (χ4n) is 4.15. The molecule has 0 saturated heterocycles. The maximum absolute atomic E-state index is 13.6. The number of nitrogens with one attached hydrogen (secondary N) is 3. The SMILES string of the molecule is CCCN/C(=C/C(=O)Nc1ccccc1)C(C)C(NCc1ccccc1C(F)(F)F)c1ccccc1N. The minimum Gasteiger partial charge on any atom is -0.398 e. The zero-order chi connectivity index (χ0) is 26.8. The first-order chi connectivity index (χ1) is 17.7. The van der Waals surface area contributed by atoms with Gasteiger partial charge in [0.1, 0.15) is 0 Å². The summed E-state index contributed by atoms with van der Waals surface area (Å²) in [6.07, 6.45) is -2.13. The Balaban J connectivity index is 1.93. The van der Waals surface area contributed by atoms with Gasteiger partial charge in [0.15, 0.2) is 0 Å². The predicted molar refractivity (Wildman–Crippen MR) is 142 cm³/mol. The third kappa shape index (κ3) is 7.85. The van der Waals surface area contributed by atoms with E-state index in [4.69, 9.17) is 5.73 Å². The molecule has 0 aliphatic rings. The van der Waals surface area contributed by atoms with Crippen molar-refractivity contribution in [2.45, 2.75) is 39.0 Å². The van der Waals surface area contributed by atoms with Crippen molar-refractivity contribution in [2.24, 2.45) is 5.92 Å². The number of para-hydroxylation sites is 2. The van der Waals surface area contributed by atoms with E-state index in [0.717, 1.165) is 18.1 Å². The van der Waals surface area contributed by atoms with E-state index in [1.54, 1.807) is 30.3 Å². The number of hydrogen-bond acceptors (Lipinski definition) is 4. The Bertz CT molecular complexity index is 1200. The van der Waals surface area contributed by atoms with Crippen LogP contribution in [-0.4, -0.2) is 12.5 Å². The Kier molecular flexibility index (Phi) is 9.74. The molecule has 2 unspecified atom stereocenters. The molecule has 0 aliphatic heterocycles. The number of hydrogen-bond donors (Lipinski definition) is 4. The van der Waals surface area contributed by atoms with Gasteiger partial charge in [0.25, 0.3) is 0 Å². The summed E-state index contributed by atoms with van der Waals surface area (Å²) in [5, 5.41) is 9.47. The molecule has 0 aromatic heterocycles. The first kappa shape index (κ1) is 27.8. The van der Waals surface area contributed by atoms with Crippen molar-refractivity contribution in [1.29, 1.82) is 0 Å². The first-order valence-corrected chi connectivity index (χ1v) is 12.2. The Morgan fingerprint density at radius 2 is 1.62 bits per heavy atom. The van der Waals surface area contributed by atoms with E-state index in [-0.39, 0.29) is 23.9 Å². The van der Waals surface area contributed by atoms with Gasteiger partial charge in [-0.2, -0.15) is 13.2 Å². The van der Waals surface area contributed by atoms with E-state index in [1.165, 1.54) is 18.2 Å². The maximum Gasteiger partial charge on any atom is 0.416 e. The standard InChI is InChI=1S/C29H33F3N4O/c1-3-17-34-26(18-27(37)36-22-12-5-4-6-13-22)20(2)28(23-14-8-10-16-25(23)33)35-19-21-11-7-9-15-24(21)29(30,31)32/h4-16,18,20,28,34-35H,3,17,19,33H2,1-2H3,(H,36,37)/b26-18+. The molecule has 0 aliphatic carbocycles. The van der Waals surface area contributed by atoms with Crippen LogP contribution in [0.25, 0.3) is 0 Å². The molecule has 0 bridgehead atoms. The molecular weight excluding hydrogens is 477 g/mol. The fraction of sp³-hybridized carbons (Fsp3) is 0.276. The molecule has 0 spiro atoms. The van der Waals surface area contributed by atoms with Gasteiger partial charge in [0.05, 0.1) is 5.56 Å². The first-order valence-electron chi connectivity index (χ1n) is 12.2. The number of amides is 1. The molecule has 196 valence electrons. The van der Waals surface area contributed by atoms with Crippen LogP contribution in [0.4, 0.5) is 24.5 Å². The average Bonchev–Trinajstić information content (AvgIpc) is 2.87. The summed E-state index contributed by atoms with van der Waals surface area (Å²) in [4.78, 5) is 12.9. The van der Waals surface area contributed by atoms with Gasteiger partial charge in [-0.3, -0.25) is 4.79 Å². The van der Waals surface area contributed by atoms with Gasteiger partial charge in [0.2, 0.25) is 5.91 Å². The lowest BCUT2D eigenvalue weighted by Gasteiger charge is -2.30. The number of nitrogens with two attached hydrogens (primary N) is 1. The second kappa shape index (κ2) is 13.0. The summed E-state index contributed by atoms with van der Waals surface area (Å²) in [7, 11) is 0. The molecule has 3 rings (SSSR count). The van der Waals surface area contributed by atoms with Crippen LogP contribution in [-0.2, 0) is 17.5 Å². The van der Waals surface area contributed by atoms with Gasteiger partial charge in [-0.25, -0.2) is 0 Å². The number of anilines is 2. The van der Waals surface area contributed by atoms with Crippen molar-refractivity contribution in [2.75, 3.05) is 17.6 Å². The molecule has 37 heavy (non-hydrogen) atoms. The van der Waals surface area contributed by atoms with Crippen LogP contribution in [0.5, 0.6) is 0 Å². The predicted octanol–water partition coefficient (Wildman–Crippen LogP) is 6.28. The molecule has 3 aromatic rings. The maximum atomic E-state index is 13.6. The normalized spacial score (nSPS) is 13.6. The van der Waals surface area contributed by atoms with Crippen molar-refractivity contribution >= 4 is 17.3 Å². The largest absolute Gasteiger partial charge is 0.416 e. The quantitative estimate of drug-likeness (QED) is 0.181. The molecule has 2 atom stereocenters. The molecule has 5 N–H and O–H groups in total. The van der Waals surface area contributed by atoms with E-state index >= 15 is 0 Å². The lowest BCUT2D eigenvalue weighted by Crippen LogP contribution is -2.33. The second-order valence-corrected chi connectivity index (χ2v) is 8.81. The van der Waals surface area contributed by atoms with E-state index < -0.39 is 17.8 Å². The number of halogens is 3. The van der Waals surface area contributed by atoms with Crippen molar-refractivity contribution in [3.63, 3.8) is 0 Å². The van der Waals surface area contributed by atoms with Crippen LogP contribution in [0.3, 0.4) is 0 Å². The van der Waals surface area contributed by atoms with Crippen LogP contribution < -0.4 is 21.7 Å². The number of carbonyl (C=O) groups excluding carboxylic acids is 1. The lowest BCUT2D eigenvalue weighted by molar-refractivity contribution is -0.138. The summed E-state index contributed by atoms with van der Waals surface area (Å²) in [5.74, 6) is -0.630. The monoisotopic (exact) mass is 510 g/mol. The molecular formula is C29H33F3N4O. The Hall–Kier alpha value is -3.78. The smallest absolute Gasteiger partial charge is 0.398 e. The molecule has 5 nitrogen and oxygen atoms in total. The molecule has 0 heterocycles. The summed E-state index contributed by atoms with van der Waals surface area (Å²) < 4.78 is 40.8. The summed E-state index contributed by atoms with van der Waals surface area (Å²) in [6, 6.07) is 21.4. The van der Waals surface area contributed by atoms with Crippen LogP contribution in [0, 0.1) is 5.92 Å². The summed E-state index contributed by atoms with van der Waals surface area (Å²) in [5.41, 5.74) is 8.32. The highest BCUT2D eigenvalue weighted by atomic mass is 19.4. The number of rotatable bonds is 11. The molecule has 3 aromatic carbocycles. The topological polar surface area (TPSA) is 79.2 Å². The number of alkyl halides is 3. The van der Waals surface area contributed by atoms with Gasteiger partial charge in [-0.05, 0) is 41.8 Å². The zero-order valence-electron chi connectivity index (χ0n) is 21.0. The minimum absolute atomic E-state index is 0.0315. The van der Waals surface area contributed by atoms with E-state index in [2.05, 4.69) is 16.0 Å². The highest BCUT2D eigenvalue weighted by Crippen LogP contribution is 2.34. The van der Waals surface area contributed by atoms with E-state index in [0.29, 0.717) is 23.6 Å². The van der Waals surface area contributed by atoms with Gasteiger partial charge in [-0.1, -0.05) is 68.4 Å². The van der Waals surface area contributed by atoms with Gasteiger partial charge in [-0.15, -0.1) is 0 Å². The summed E-state index contributed by atoms with van der Waals surface area (Å²) in [6.45, 7) is 4.53. The zero-order valence-corrected chi connectivity index (χ0v) is 21.0. The summed E-state index contributed by atoms with van der Waals surface area (Å²) >= 11 is 0. The highest BCUT2D eigenvalue weighted by Gasteiger charge is 2.33.